The second-order valence-corrected chi connectivity index (χ2v) is 9.89. The van der Waals surface area contributed by atoms with E-state index in [9.17, 15) is 22.8 Å². The van der Waals surface area contributed by atoms with Gasteiger partial charge in [-0.2, -0.15) is 24.0 Å². The molecule has 0 spiro atoms. The SMILES string of the molecule is N[N+]12C=CN=CC1=C([C@@H]1CC[C@H]3CCC(=O)N3C1)N=C2c1ccc(C(=O)Nc2cc(C(F)(F)F)ccn2)nc1. The van der Waals surface area contributed by atoms with E-state index in [1.807, 2.05) is 4.90 Å². The number of rotatable bonds is 4. The lowest BCUT2D eigenvalue weighted by atomic mass is 9.90. The Labute approximate surface area is 221 Å². The van der Waals surface area contributed by atoms with Gasteiger partial charge in [-0.05, 0) is 43.5 Å². The van der Waals surface area contributed by atoms with E-state index in [0.29, 0.717) is 30.1 Å². The quantitative estimate of drug-likeness (QED) is 0.457. The zero-order valence-corrected chi connectivity index (χ0v) is 20.6. The van der Waals surface area contributed by atoms with Crippen molar-refractivity contribution in [3.8, 4) is 0 Å². The maximum atomic E-state index is 13.0. The molecule has 1 unspecified atom stereocenters. The standard InChI is InChI=1S/C26H23F3N8O2/c27-26(28,29)17-7-8-32-21(11-17)34-25(39)19-5-2-15(12-33-19)24-35-23(20-13-31-9-10-37(20,24)30)16-1-3-18-4-6-22(38)36(18)14-16/h2,5,7-13,16,18H,1,3-4,6,14,30H2/p+1/t16-,18+,37?/m1/s1. The second-order valence-electron chi connectivity index (χ2n) is 9.89. The Morgan fingerprint density at radius 1 is 1.15 bits per heavy atom. The molecule has 6 rings (SSSR count). The first kappa shape index (κ1) is 25.1. The predicted octanol–water partition coefficient (Wildman–Crippen LogP) is 3.37. The third-order valence-electron chi connectivity index (χ3n) is 7.51. The Balaban J connectivity index is 1.24. The number of quaternary nitrogens is 1. The summed E-state index contributed by atoms with van der Waals surface area (Å²) >= 11 is 0. The van der Waals surface area contributed by atoms with Gasteiger partial charge in [0, 0.05) is 37.3 Å². The van der Waals surface area contributed by atoms with Crippen LogP contribution < -0.4 is 11.2 Å². The predicted molar refractivity (Wildman–Crippen MR) is 135 cm³/mol. The molecule has 2 aromatic rings. The average molecular weight is 538 g/mol. The van der Waals surface area contributed by atoms with Gasteiger partial charge in [0.05, 0.1) is 23.5 Å². The third-order valence-corrected chi connectivity index (χ3v) is 7.51. The number of aromatic nitrogens is 2. The number of amides is 2. The molecule has 4 aliphatic heterocycles. The summed E-state index contributed by atoms with van der Waals surface area (Å²) < 4.78 is 38.7. The summed E-state index contributed by atoms with van der Waals surface area (Å²) in [6.45, 7) is 0.581. The van der Waals surface area contributed by atoms with Crippen LogP contribution in [0, 0.1) is 5.92 Å². The van der Waals surface area contributed by atoms with Gasteiger partial charge in [0.15, 0.2) is 0 Å². The third kappa shape index (κ3) is 4.42. The van der Waals surface area contributed by atoms with Gasteiger partial charge in [-0.15, -0.1) is 4.59 Å². The van der Waals surface area contributed by atoms with Crippen LogP contribution in [0.5, 0.6) is 0 Å². The summed E-state index contributed by atoms with van der Waals surface area (Å²) in [6.07, 6.45) is 6.08. The number of carbonyl (C=O) groups is 2. The molecule has 0 aromatic carbocycles. The lowest BCUT2D eigenvalue weighted by Crippen LogP contribution is -2.53. The minimum Gasteiger partial charge on any atom is -0.339 e. The van der Waals surface area contributed by atoms with Crippen molar-refractivity contribution >= 4 is 29.7 Å². The van der Waals surface area contributed by atoms with E-state index in [0.717, 1.165) is 43.3 Å². The zero-order valence-electron chi connectivity index (χ0n) is 20.6. The van der Waals surface area contributed by atoms with Crippen molar-refractivity contribution in [2.45, 2.75) is 37.9 Å². The topological polar surface area (TPSA) is 126 Å². The maximum Gasteiger partial charge on any atom is 0.416 e. The molecule has 200 valence electrons. The second kappa shape index (κ2) is 9.20. The van der Waals surface area contributed by atoms with Gasteiger partial charge in [-0.3, -0.25) is 19.6 Å². The summed E-state index contributed by atoms with van der Waals surface area (Å²) in [5.74, 6) is 6.51. The molecule has 3 N–H and O–H groups in total. The van der Waals surface area contributed by atoms with Crippen molar-refractivity contribution in [3.05, 3.63) is 77.3 Å². The highest BCUT2D eigenvalue weighted by atomic mass is 19.4. The first-order valence-corrected chi connectivity index (χ1v) is 12.5. The van der Waals surface area contributed by atoms with E-state index in [1.165, 1.54) is 12.3 Å². The summed E-state index contributed by atoms with van der Waals surface area (Å²) in [4.78, 5) is 44.2. The molecule has 0 radical (unpaired) electrons. The fraction of sp³-hybridized carbons (Fsp3) is 0.308. The Morgan fingerprint density at radius 2 is 2.00 bits per heavy atom. The van der Waals surface area contributed by atoms with Crippen LogP contribution in [0.4, 0.5) is 19.0 Å². The molecule has 0 saturated carbocycles. The van der Waals surface area contributed by atoms with Gasteiger partial charge >= 0.3 is 6.18 Å². The minimum absolute atomic E-state index is 0.00720. The molecule has 13 heteroatoms. The number of carbonyl (C=O) groups excluding carboxylic acids is 2. The lowest BCUT2D eigenvalue weighted by Gasteiger charge is -2.35. The van der Waals surface area contributed by atoms with E-state index in [-0.39, 0.29) is 34.0 Å². The highest BCUT2D eigenvalue weighted by Crippen LogP contribution is 2.40. The number of pyridine rings is 2. The van der Waals surface area contributed by atoms with Gasteiger partial charge in [-0.1, -0.05) is 0 Å². The number of fused-ring (bicyclic) bond motifs is 2. The van der Waals surface area contributed by atoms with Crippen molar-refractivity contribution in [2.75, 3.05) is 11.9 Å². The Kier molecular flexibility index (Phi) is 5.92. The minimum atomic E-state index is -4.56. The lowest BCUT2D eigenvalue weighted by molar-refractivity contribution is -0.750. The van der Waals surface area contributed by atoms with E-state index < -0.39 is 17.6 Å². The number of nitrogens with one attached hydrogen (secondary N) is 1. The van der Waals surface area contributed by atoms with Crippen LogP contribution in [-0.4, -0.2) is 55.9 Å². The molecule has 39 heavy (non-hydrogen) atoms. The monoisotopic (exact) mass is 537 g/mol. The molecular weight excluding hydrogens is 513 g/mol. The number of nitrogens with two attached hydrogens (primary N) is 1. The number of allylic oxidation sites excluding steroid dienone is 1. The fourth-order valence-electron chi connectivity index (χ4n) is 5.51. The van der Waals surface area contributed by atoms with Crippen LogP contribution in [0.15, 0.2) is 70.4 Å². The number of alkyl halides is 3. The van der Waals surface area contributed by atoms with Crippen molar-refractivity contribution in [1.82, 2.24) is 14.9 Å². The van der Waals surface area contributed by atoms with Crippen LogP contribution in [0.25, 0.3) is 0 Å². The summed E-state index contributed by atoms with van der Waals surface area (Å²) in [6, 6.07) is 4.94. The van der Waals surface area contributed by atoms with Gasteiger partial charge in [0.2, 0.25) is 11.6 Å². The number of amidine groups is 1. The van der Waals surface area contributed by atoms with E-state index in [4.69, 9.17) is 10.8 Å². The smallest absolute Gasteiger partial charge is 0.339 e. The summed E-state index contributed by atoms with van der Waals surface area (Å²) in [5.41, 5.74) is 1.10. The van der Waals surface area contributed by atoms with E-state index >= 15 is 0 Å². The molecule has 2 aromatic heterocycles. The Morgan fingerprint density at radius 3 is 2.77 bits per heavy atom. The van der Waals surface area contributed by atoms with Crippen LogP contribution in [0.3, 0.4) is 0 Å². The Bertz CT molecular complexity index is 1480. The van der Waals surface area contributed by atoms with Crippen molar-refractivity contribution in [2.24, 2.45) is 21.7 Å². The molecule has 0 bridgehead atoms. The number of hydrogen-bond donors (Lipinski definition) is 2. The summed E-state index contributed by atoms with van der Waals surface area (Å²) in [7, 11) is 0. The first-order chi connectivity index (χ1) is 18.6. The molecule has 6 heterocycles. The number of nitrogens with zero attached hydrogens (tertiary/aromatic N) is 6. The van der Waals surface area contributed by atoms with Gasteiger partial charge in [0.25, 0.3) is 11.7 Å². The van der Waals surface area contributed by atoms with Gasteiger partial charge in [-0.25, -0.2) is 4.98 Å². The van der Waals surface area contributed by atoms with Crippen LogP contribution in [0.1, 0.15) is 47.3 Å². The van der Waals surface area contributed by atoms with Crippen LogP contribution in [-0.2, 0) is 11.0 Å². The number of piperidine rings is 1. The number of halogens is 3. The average Bonchev–Trinajstić information content (AvgIpc) is 3.45. The first-order valence-electron chi connectivity index (χ1n) is 12.5. The van der Waals surface area contributed by atoms with Crippen molar-refractivity contribution in [3.63, 3.8) is 0 Å². The molecule has 10 nitrogen and oxygen atoms in total. The van der Waals surface area contributed by atoms with Gasteiger partial charge in [0.1, 0.15) is 23.4 Å². The number of aliphatic imine (C=N–C) groups is 2. The summed E-state index contributed by atoms with van der Waals surface area (Å²) in [5, 5.41) is 2.34. The fourth-order valence-corrected chi connectivity index (χ4v) is 5.51. The number of hydrogen-bond acceptors (Lipinski definition) is 7. The van der Waals surface area contributed by atoms with Gasteiger partial charge < -0.3 is 10.2 Å². The normalized spacial score (nSPS) is 26.0. The molecule has 3 atom stereocenters. The molecule has 2 saturated heterocycles. The zero-order chi connectivity index (χ0) is 27.4. The van der Waals surface area contributed by atoms with Crippen LogP contribution >= 0.6 is 0 Å². The molecule has 2 amide bonds. The number of anilines is 1. The van der Waals surface area contributed by atoms with E-state index in [1.54, 1.807) is 24.7 Å². The van der Waals surface area contributed by atoms with Crippen molar-refractivity contribution in [1.29, 1.82) is 0 Å². The van der Waals surface area contributed by atoms with E-state index in [2.05, 4.69) is 20.3 Å². The van der Waals surface area contributed by atoms with Crippen LogP contribution in [0.2, 0.25) is 0 Å². The highest BCUT2D eigenvalue weighted by Gasteiger charge is 2.48. The Hall–Kier alpha value is -4.23. The van der Waals surface area contributed by atoms with Crippen molar-refractivity contribution < 1.29 is 27.4 Å². The molecular formula is C26H24F3N8O2+. The molecule has 2 fully saturated rings. The maximum absolute atomic E-state index is 13.0. The molecule has 0 aliphatic carbocycles. The largest absolute Gasteiger partial charge is 0.416 e. The molecule has 4 aliphatic rings. The highest BCUT2D eigenvalue weighted by molar-refractivity contribution is 6.04.